The monoisotopic (exact) mass is 636 g/mol. The van der Waals surface area contributed by atoms with Crippen molar-refractivity contribution in [3.63, 3.8) is 0 Å². The second-order valence-electron chi connectivity index (χ2n) is 11.7. The van der Waals surface area contributed by atoms with Crippen molar-refractivity contribution in [1.82, 2.24) is 10.2 Å². The van der Waals surface area contributed by atoms with Crippen molar-refractivity contribution in [1.29, 1.82) is 5.53 Å². The average molecular weight is 637 g/mol. The van der Waals surface area contributed by atoms with Crippen LogP contribution in [0.1, 0.15) is 53.3 Å². The van der Waals surface area contributed by atoms with Gasteiger partial charge in [-0.15, -0.1) is 15.3 Å². The lowest BCUT2D eigenvalue weighted by atomic mass is 9.70. The van der Waals surface area contributed by atoms with Gasteiger partial charge in [0.05, 0.1) is 19.5 Å². The number of benzene rings is 2. The zero-order valence-electron chi connectivity index (χ0n) is 25.0. The number of halogens is 2. The molecule has 0 bridgehead atoms. The molecule has 8 nitrogen and oxygen atoms in total. The number of hydrogen-bond acceptors (Lipinski definition) is 8. The average Bonchev–Trinajstić information content (AvgIpc) is 3.47. The summed E-state index contributed by atoms with van der Waals surface area (Å²) in [7, 11) is 2.00. The number of amidine groups is 1. The van der Waals surface area contributed by atoms with Crippen LogP contribution in [0.25, 0.3) is 0 Å². The second kappa shape index (κ2) is 14.7. The molecule has 3 aromatic rings. The first-order valence-corrected chi connectivity index (χ1v) is 16.8. The minimum Gasteiger partial charge on any atom is -0.359 e. The van der Waals surface area contributed by atoms with E-state index in [1.165, 1.54) is 23.1 Å². The number of carbonyl (C=O) groups is 1. The van der Waals surface area contributed by atoms with Crippen LogP contribution in [0.5, 0.6) is 0 Å². The molecule has 1 saturated carbocycles. The van der Waals surface area contributed by atoms with E-state index < -0.39 is 5.92 Å². The van der Waals surface area contributed by atoms with Gasteiger partial charge >= 0.3 is 0 Å². The Bertz CT molecular complexity index is 1440. The number of aliphatic imine (C=N–C) groups is 1. The van der Waals surface area contributed by atoms with Crippen molar-refractivity contribution >= 4 is 52.3 Å². The van der Waals surface area contributed by atoms with Crippen molar-refractivity contribution in [2.24, 2.45) is 16.0 Å². The van der Waals surface area contributed by atoms with E-state index in [0.29, 0.717) is 35.0 Å². The van der Waals surface area contributed by atoms with Crippen LogP contribution >= 0.6 is 23.1 Å². The van der Waals surface area contributed by atoms with Gasteiger partial charge in [0.15, 0.2) is 0 Å². The molecule has 2 N–H and O–H groups in total. The summed E-state index contributed by atoms with van der Waals surface area (Å²) in [6.07, 6.45) is 5.16. The smallest absolute Gasteiger partial charge is 0.282 e. The van der Waals surface area contributed by atoms with Gasteiger partial charge in [-0.2, -0.15) is 0 Å². The normalized spacial score (nSPS) is 20.5. The van der Waals surface area contributed by atoms with E-state index in [1.807, 2.05) is 69.6 Å². The summed E-state index contributed by atoms with van der Waals surface area (Å²) in [5, 5.41) is 17.2. The molecule has 3 atom stereocenters. The van der Waals surface area contributed by atoms with E-state index in [0.717, 1.165) is 58.8 Å². The fourth-order valence-electron chi connectivity index (χ4n) is 5.62. The SMILES string of the molecule is C[B]C(Cc1ccc(N2CC(F)(F)C2)cc1)N=C(N=N)SCC1CCCC(c2nnc(NC(=O)Cc3ccc(C)cc3)s2)C1. The lowest BCUT2D eigenvalue weighted by Crippen LogP contribution is -2.56. The van der Waals surface area contributed by atoms with Crippen LogP contribution in [0.2, 0.25) is 6.82 Å². The van der Waals surface area contributed by atoms with Gasteiger partial charge in [0.2, 0.25) is 16.2 Å². The molecular formula is C31H37BF2N7OS2. The third kappa shape index (κ3) is 8.94. The van der Waals surface area contributed by atoms with Crippen LogP contribution in [0.3, 0.4) is 0 Å². The van der Waals surface area contributed by atoms with Crippen molar-refractivity contribution in [2.75, 3.05) is 29.1 Å². The van der Waals surface area contributed by atoms with Crippen LogP contribution in [0.4, 0.5) is 19.6 Å². The van der Waals surface area contributed by atoms with Crippen LogP contribution in [-0.4, -0.2) is 59.3 Å². The van der Waals surface area contributed by atoms with E-state index in [-0.39, 0.29) is 24.9 Å². The van der Waals surface area contributed by atoms with Crippen LogP contribution in [-0.2, 0) is 17.6 Å². The minimum absolute atomic E-state index is 0.0981. The van der Waals surface area contributed by atoms with Gasteiger partial charge in [-0.05, 0) is 61.8 Å². The maximum absolute atomic E-state index is 13.2. The van der Waals surface area contributed by atoms with E-state index in [1.54, 1.807) is 4.90 Å². The zero-order chi connectivity index (χ0) is 31.1. The molecule has 13 heteroatoms. The largest absolute Gasteiger partial charge is 0.359 e. The maximum atomic E-state index is 13.2. The van der Waals surface area contributed by atoms with Gasteiger partial charge in [0.25, 0.3) is 5.92 Å². The Morgan fingerprint density at radius 2 is 1.89 bits per heavy atom. The molecule has 1 saturated heterocycles. The highest BCUT2D eigenvalue weighted by Crippen LogP contribution is 2.39. The van der Waals surface area contributed by atoms with E-state index in [9.17, 15) is 13.6 Å². The van der Waals surface area contributed by atoms with E-state index in [2.05, 4.69) is 20.6 Å². The molecule has 2 fully saturated rings. The topological polar surface area (TPSA) is 107 Å². The number of anilines is 2. The van der Waals surface area contributed by atoms with Crippen molar-refractivity contribution in [2.45, 2.75) is 70.1 Å². The highest BCUT2D eigenvalue weighted by Gasteiger charge is 2.43. The van der Waals surface area contributed by atoms with E-state index in [4.69, 9.17) is 10.5 Å². The van der Waals surface area contributed by atoms with Gasteiger partial charge in [-0.3, -0.25) is 9.79 Å². The zero-order valence-corrected chi connectivity index (χ0v) is 26.6. The number of hydrogen-bond donors (Lipinski definition) is 2. The summed E-state index contributed by atoms with van der Waals surface area (Å²) < 4.78 is 26.4. The van der Waals surface area contributed by atoms with Crippen LogP contribution in [0, 0.1) is 18.4 Å². The molecule has 1 aromatic heterocycles. The molecule has 1 amide bonds. The number of alkyl halides is 2. The lowest BCUT2D eigenvalue weighted by molar-refractivity contribution is -0.115. The molecule has 231 valence electrons. The van der Waals surface area contributed by atoms with E-state index >= 15 is 0 Å². The summed E-state index contributed by atoms with van der Waals surface area (Å²) in [6, 6.07) is 15.6. The number of rotatable bonds is 11. The van der Waals surface area contributed by atoms with Crippen molar-refractivity contribution < 1.29 is 13.6 Å². The Morgan fingerprint density at radius 3 is 2.57 bits per heavy atom. The molecule has 2 aromatic carbocycles. The number of nitrogens with one attached hydrogen (secondary N) is 2. The minimum atomic E-state index is -2.59. The summed E-state index contributed by atoms with van der Waals surface area (Å²) in [5.74, 6) is -1.26. The number of carbonyl (C=O) groups excluding carboxylic acids is 1. The molecule has 3 unspecified atom stereocenters. The first-order chi connectivity index (χ1) is 21.2. The third-order valence-corrected chi connectivity index (χ3v) is 10.2. The van der Waals surface area contributed by atoms with Crippen molar-refractivity contribution in [3.05, 3.63) is 70.2 Å². The first kappa shape index (κ1) is 32.2. The molecule has 2 aliphatic rings. The molecule has 1 aliphatic heterocycles. The van der Waals surface area contributed by atoms with Crippen LogP contribution < -0.4 is 10.2 Å². The molecule has 5 rings (SSSR count). The number of aromatic nitrogens is 2. The van der Waals surface area contributed by atoms with Gasteiger partial charge in [-0.25, -0.2) is 14.3 Å². The number of nitrogens with zero attached hydrogens (tertiary/aromatic N) is 5. The van der Waals surface area contributed by atoms with Crippen molar-refractivity contribution in [3.8, 4) is 0 Å². The molecule has 0 spiro atoms. The Balaban J connectivity index is 1.09. The second-order valence-corrected chi connectivity index (χ2v) is 13.7. The maximum Gasteiger partial charge on any atom is 0.282 e. The number of aryl methyl sites for hydroxylation is 1. The molecular weight excluding hydrogens is 599 g/mol. The fourth-order valence-corrected chi connectivity index (χ4v) is 7.49. The Kier molecular flexibility index (Phi) is 10.8. The molecule has 44 heavy (non-hydrogen) atoms. The summed E-state index contributed by atoms with van der Waals surface area (Å²) in [6.45, 7) is 3.51. The van der Waals surface area contributed by atoms with Gasteiger partial charge in [0, 0.05) is 23.3 Å². The Morgan fingerprint density at radius 1 is 1.16 bits per heavy atom. The molecule has 1 aliphatic carbocycles. The highest BCUT2D eigenvalue weighted by molar-refractivity contribution is 8.13. The van der Waals surface area contributed by atoms with Gasteiger partial charge in [0.1, 0.15) is 12.3 Å². The standard InChI is InChI=1S/C31H37BF2N7OS2/c1-20-6-8-22(9-7-20)16-27(42)37-30-40-39-28(44-30)24-5-3-4-23(14-24)17-43-29(38-35)36-26(32-2)15-21-10-12-25(13-11-21)41-18-31(33,34)19-41/h6-13,23-24,26,35H,3-5,14-19H2,1-2H3,(H,37,40,42). The molecule has 2 heterocycles. The highest BCUT2D eigenvalue weighted by atomic mass is 32.2. The molecule has 1 radical (unpaired) electrons. The Labute approximate surface area is 266 Å². The summed E-state index contributed by atoms with van der Waals surface area (Å²) in [4.78, 5) is 18.9. The van der Waals surface area contributed by atoms with Gasteiger partial charge in [-0.1, -0.05) is 78.3 Å². The van der Waals surface area contributed by atoms with Crippen LogP contribution in [0.15, 0.2) is 58.6 Å². The Hall–Kier alpha value is -3.19. The lowest BCUT2D eigenvalue weighted by Gasteiger charge is -2.40. The third-order valence-electron chi connectivity index (χ3n) is 8.10. The quantitative estimate of drug-likeness (QED) is 0.100. The van der Waals surface area contributed by atoms with Gasteiger partial charge < -0.3 is 10.2 Å². The fraction of sp³-hybridized carbons (Fsp3) is 0.484. The predicted octanol–water partition coefficient (Wildman–Crippen LogP) is 7.20. The number of thioether (sulfide) groups is 1. The first-order valence-electron chi connectivity index (χ1n) is 15.0. The summed E-state index contributed by atoms with van der Waals surface area (Å²) >= 11 is 2.98. The number of amides is 1. The predicted molar refractivity (Wildman–Crippen MR) is 176 cm³/mol. The summed E-state index contributed by atoms with van der Waals surface area (Å²) in [5.41, 5.74) is 11.7.